The average molecular weight is 384 g/mol. The summed E-state index contributed by atoms with van der Waals surface area (Å²) in [4.78, 5) is 19.2. The van der Waals surface area contributed by atoms with Gasteiger partial charge in [0.2, 0.25) is 0 Å². The molecule has 0 unspecified atom stereocenters. The summed E-state index contributed by atoms with van der Waals surface area (Å²) in [5.74, 6) is -1.87. The van der Waals surface area contributed by atoms with Crippen LogP contribution in [0.2, 0.25) is 0 Å². The van der Waals surface area contributed by atoms with Crippen molar-refractivity contribution in [1.82, 2.24) is 0 Å². The van der Waals surface area contributed by atoms with E-state index >= 15 is 0 Å². The minimum atomic E-state index is -0.935. The Bertz CT molecular complexity index is 730. The van der Waals surface area contributed by atoms with Crippen LogP contribution in [0.3, 0.4) is 0 Å². The van der Waals surface area contributed by atoms with Crippen molar-refractivity contribution in [2.24, 2.45) is 0 Å². The van der Waals surface area contributed by atoms with E-state index in [-0.39, 0.29) is 17.8 Å². The molecule has 0 aromatic heterocycles. The van der Waals surface area contributed by atoms with Crippen molar-refractivity contribution in [2.45, 2.75) is 27.2 Å². The van der Waals surface area contributed by atoms with Crippen LogP contribution in [0.1, 0.15) is 31.9 Å². The summed E-state index contributed by atoms with van der Waals surface area (Å²) in [6.07, 6.45) is 1.10. The smallest absolute Gasteiger partial charge is 0.330 e. The van der Waals surface area contributed by atoms with E-state index in [1.807, 2.05) is 0 Å². The molecular formula is C23H28O5. The lowest BCUT2D eigenvalue weighted by molar-refractivity contribution is -0.133. The number of aliphatic carboxylic acids is 2. The van der Waals surface area contributed by atoms with E-state index in [4.69, 9.17) is 15.3 Å². The summed E-state index contributed by atoms with van der Waals surface area (Å²) in [7, 11) is 0. The predicted octanol–water partition coefficient (Wildman–Crippen LogP) is 4.55. The molecule has 5 heteroatoms. The van der Waals surface area contributed by atoms with Crippen molar-refractivity contribution in [3.8, 4) is 11.1 Å². The SMILES string of the molecule is C=C(C)C(=O)O.C=C(C)C(=O)O.CCO.c1ccc2c(c1)Cc1ccccc1-2. The number of carboxylic acid groups (broad SMARTS) is 2. The van der Waals surface area contributed by atoms with Gasteiger partial charge in [-0.05, 0) is 49.4 Å². The zero-order chi connectivity index (χ0) is 21.7. The molecule has 2 aromatic carbocycles. The van der Waals surface area contributed by atoms with Crippen molar-refractivity contribution < 1.29 is 24.9 Å². The number of benzene rings is 2. The molecule has 3 rings (SSSR count). The number of hydrogen-bond acceptors (Lipinski definition) is 3. The number of rotatable bonds is 2. The fourth-order valence-corrected chi connectivity index (χ4v) is 2.08. The second-order valence-electron chi connectivity index (χ2n) is 5.98. The van der Waals surface area contributed by atoms with Crippen LogP contribution < -0.4 is 0 Å². The van der Waals surface area contributed by atoms with Crippen molar-refractivity contribution in [3.05, 3.63) is 84.0 Å². The lowest BCUT2D eigenvalue weighted by Gasteiger charge is -1.98. The number of hydrogen-bond donors (Lipinski definition) is 3. The second-order valence-corrected chi connectivity index (χ2v) is 5.98. The van der Waals surface area contributed by atoms with Gasteiger partial charge in [-0.1, -0.05) is 61.7 Å². The molecule has 5 nitrogen and oxygen atoms in total. The van der Waals surface area contributed by atoms with Gasteiger partial charge in [0.15, 0.2) is 0 Å². The number of fused-ring (bicyclic) bond motifs is 3. The van der Waals surface area contributed by atoms with Gasteiger partial charge in [-0.3, -0.25) is 0 Å². The van der Waals surface area contributed by atoms with Gasteiger partial charge in [0.05, 0.1) is 0 Å². The minimum Gasteiger partial charge on any atom is -0.478 e. The highest BCUT2D eigenvalue weighted by Gasteiger charge is 2.15. The van der Waals surface area contributed by atoms with Crippen LogP contribution in [0.15, 0.2) is 72.8 Å². The van der Waals surface area contributed by atoms with Crippen LogP contribution in [0.5, 0.6) is 0 Å². The summed E-state index contributed by atoms with van der Waals surface area (Å²) in [6.45, 7) is 11.1. The van der Waals surface area contributed by atoms with Crippen molar-refractivity contribution in [1.29, 1.82) is 0 Å². The van der Waals surface area contributed by atoms with E-state index in [1.165, 1.54) is 36.1 Å². The highest BCUT2D eigenvalue weighted by atomic mass is 16.4. The second kappa shape index (κ2) is 13.1. The maximum atomic E-state index is 9.60. The number of carboxylic acids is 2. The van der Waals surface area contributed by atoms with Gasteiger partial charge in [0.1, 0.15) is 0 Å². The Hall–Kier alpha value is -3.18. The van der Waals surface area contributed by atoms with Crippen molar-refractivity contribution >= 4 is 11.9 Å². The third-order valence-corrected chi connectivity index (χ3v) is 3.44. The molecule has 1 aliphatic carbocycles. The van der Waals surface area contributed by atoms with Crippen LogP contribution in [0.4, 0.5) is 0 Å². The Morgan fingerprint density at radius 1 is 0.821 bits per heavy atom. The quantitative estimate of drug-likeness (QED) is 0.564. The molecule has 150 valence electrons. The molecule has 0 radical (unpaired) electrons. The largest absolute Gasteiger partial charge is 0.478 e. The van der Waals surface area contributed by atoms with Gasteiger partial charge in [0, 0.05) is 17.8 Å². The van der Waals surface area contributed by atoms with Crippen molar-refractivity contribution in [2.75, 3.05) is 6.61 Å². The molecule has 0 aliphatic heterocycles. The molecule has 28 heavy (non-hydrogen) atoms. The summed E-state index contributed by atoms with van der Waals surface area (Å²) in [6, 6.07) is 17.3. The van der Waals surface area contributed by atoms with E-state index in [9.17, 15) is 9.59 Å². The lowest BCUT2D eigenvalue weighted by atomic mass is 10.1. The molecule has 2 aromatic rings. The van der Waals surface area contributed by atoms with Crippen LogP contribution >= 0.6 is 0 Å². The topological polar surface area (TPSA) is 94.8 Å². The Morgan fingerprint density at radius 2 is 1.07 bits per heavy atom. The molecule has 0 amide bonds. The lowest BCUT2D eigenvalue weighted by Crippen LogP contribution is -1.92. The Labute approximate surface area is 166 Å². The van der Waals surface area contributed by atoms with E-state index in [0.717, 1.165) is 6.42 Å². The zero-order valence-corrected chi connectivity index (χ0v) is 16.6. The van der Waals surface area contributed by atoms with Gasteiger partial charge in [-0.25, -0.2) is 9.59 Å². The van der Waals surface area contributed by atoms with Crippen LogP contribution in [0.25, 0.3) is 11.1 Å². The first-order valence-corrected chi connectivity index (χ1v) is 8.70. The van der Waals surface area contributed by atoms with Gasteiger partial charge < -0.3 is 15.3 Å². The molecule has 1 aliphatic rings. The number of carbonyl (C=O) groups is 2. The molecule has 0 bridgehead atoms. The standard InChI is InChI=1S/C13H10.2C4H6O2.C2H6O/c1-3-7-12-10(5-1)9-11-6-2-4-8-13(11)12;2*1-3(2)4(5)6;1-2-3/h1-8H,9H2;2*1H2,2H3,(H,5,6);3H,2H2,1H3. The summed E-state index contributed by atoms with van der Waals surface area (Å²) >= 11 is 0. The zero-order valence-electron chi connectivity index (χ0n) is 16.6. The van der Waals surface area contributed by atoms with Gasteiger partial charge >= 0.3 is 11.9 Å². The third-order valence-electron chi connectivity index (χ3n) is 3.44. The Balaban J connectivity index is 0.000000414. The van der Waals surface area contributed by atoms with E-state index < -0.39 is 11.9 Å². The number of aliphatic hydroxyl groups is 1. The van der Waals surface area contributed by atoms with Gasteiger partial charge in [-0.15, -0.1) is 0 Å². The number of aliphatic hydroxyl groups excluding tert-OH is 1. The average Bonchev–Trinajstić information content (AvgIpc) is 3.02. The monoisotopic (exact) mass is 384 g/mol. The first-order chi connectivity index (χ1) is 13.1. The highest BCUT2D eigenvalue weighted by Crippen LogP contribution is 2.35. The Kier molecular flexibility index (Phi) is 11.6. The van der Waals surface area contributed by atoms with E-state index in [2.05, 4.69) is 61.7 Å². The van der Waals surface area contributed by atoms with Gasteiger partial charge in [0.25, 0.3) is 0 Å². The van der Waals surface area contributed by atoms with E-state index in [1.54, 1.807) is 6.92 Å². The minimum absolute atomic E-state index is 0.176. The summed E-state index contributed by atoms with van der Waals surface area (Å²) in [5.41, 5.74) is 6.11. The maximum absolute atomic E-state index is 9.60. The molecule has 0 saturated heterocycles. The third kappa shape index (κ3) is 8.96. The molecule has 0 heterocycles. The summed E-state index contributed by atoms with van der Waals surface area (Å²) < 4.78 is 0. The molecular weight excluding hydrogens is 356 g/mol. The fraction of sp³-hybridized carbons (Fsp3) is 0.217. The fourth-order valence-electron chi connectivity index (χ4n) is 2.08. The van der Waals surface area contributed by atoms with Crippen LogP contribution in [-0.2, 0) is 16.0 Å². The predicted molar refractivity (Wildman–Crippen MR) is 112 cm³/mol. The van der Waals surface area contributed by atoms with Crippen molar-refractivity contribution in [3.63, 3.8) is 0 Å². The molecule has 0 saturated carbocycles. The maximum Gasteiger partial charge on any atom is 0.330 e. The van der Waals surface area contributed by atoms with Crippen LogP contribution in [-0.4, -0.2) is 33.9 Å². The summed E-state index contributed by atoms with van der Waals surface area (Å²) in [5, 5.41) is 23.4. The first-order valence-electron chi connectivity index (χ1n) is 8.70. The van der Waals surface area contributed by atoms with E-state index in [0.29, 0.717) is 0 Å². The normalized spacial score (nSPS) is 9.57. The molecule has 0 fully saturated rings. The van der Waals surface area contributed by atoms with Gasteiger partial charge in [-0.2, -0.15) is 0 Å². The highest BCUT2D eigenvalue weighted by molar-refractivity contribution is 5.85. The molecule has 3 N–H and O–H groups in total. The molecule has 0 spiro atoms. The first kappa shape index (κ1) is 24.8. The Morgan fingerprint density at radius 3 is 1.32 bits per heavy atom. The van der Waals surface area contributed by atoms with Crippen LogP contribution in [0, 0.1) is 0 Å². The molecule has 0 atom stereocenters.